The molecule has 0 unspecified atom stereocenters. The highest BCUT2D eigenvalue weighted by molar-refractivity contribution is 5.85. The van der Waals surface area contributed by atoms with E-state index in [1.165, 1.54) is 22.8 Å². The third-order valence-electron chi connectivity index (χ3n) is 3.71. The van der Waals surface area contributed by atoms with E-state index in [2.05, 4.69) is 66.9 Å². The van der Waals surface area contributed by atoms with Crippen LogP contribution in [0.25, 0.3) is 10.8 Å². The van der Waals surface area contributed by atoms with Crippen molar-refractivity contribution < 1.29 is 0 Å². The summed E-state index contributed by atoms with van der Waals surface area (Å²) >= 11 is 0. The molecule has 0 aromatic heterocycles. The quantitative estimate of drug-likeness (QED) is 0.687. The van der Waals surface area contributed by atoms with Crippen LogP contribution in [0.2, 0.25) is 0 Å². The van der Waals surface area contributed by atoms with Gasteiger partial charge in [0.1, 0.15) is 0 Å². The first-order chi connectivity index (χ1) is 10.3. The molecule has 0 atom stereocenters. The number of benzene rings is 2. The highest BCUT2D eigenvalue weighted by atomic mass is 14.9. The van der Waals surface area contributed by atoms with Crippen molar-refractivity contribution in [2.24, 2.45) is 5.92 Å². The lowest BCUT2D eigenvalue weighted by molar-refractivity contribution is 0.531. The molecular formula is C19H28N2. The van der Waals surface area contributed by atoms with E-state index in [4.69, 9.17) is 0 Å². The van der Waals surface area contributed by atoms with Crippen LogP contribution in [0.5, 0.6) is 0 Å². The zero-order valence-corrected chi connectivity index (χ0v) is 13.4. The molecule has 0 amide bonds. The van der Waals surface area contributed by atoms with Crippen molar-refractivity contribution in [2.75, 3.05) is 26.2 Å². The standard InChI is InChI=1S/C19H28N2/c1-16(2)15-21-13-6-12-20-14-11-18-9-5-8-17-7-3-4-10-19(17)18/h3-5,7-10,16,20-21H,6,11-15H2,1-2H3. The molecule has 2 N–H and O–H groups in total. The molecule has 0 aliphatic carbocycles. The predicted molar refractivity (Wildman–Crippen MR) is 92.8 cm³/mol. The van der Waals surface area contributed by atoms with Crippen molar-refractivity contribution in [3.8, 4) is 0 Å². The van der Waals surface area contributed by atoms with Crippen LogP contribution < -0.4 is 10.6 Å². The van der Waals surface area contributed by atoms with Crippen molar-refractivity contribution in [3.05, 3.63) is 48.0 Å². The molecule has 114 valence electrons. The number of nitrogens with one attached hydrogen (secondary N) is 2. The van der Waals surface area contributed by atoms with Gasteiger partial charge in [0.25, 0.3) is 0 Å². The van der Waals surface area contributed by atoms with Gasteiger partial charge in [-0.3, -0.25) is 0 Å². The topological polar surface area (TPSA) is 24.1 Å². The summed E-state index contributed by atoms with van der Waals surface area (Å²) in [5, 5.41) is 9.75. The molecule has 2 nitrogen and oxygen atoms in total. The first-order valence-corrected chi connectivity index (χ1v) is 8.15. The molecular weight excluding hydrogens is 256 g/mol. The molecule has 0 fully saturated rings. The van der Waals surface area contributed by atoms with Gasteiger partial charge in [0.15, 0.2) is 0 Å². The van der Waals surface area contributed by atoms with Crippen LogP contribution in [0.3, 0.4) is 0 Å². The molecule has 2 heteroatoms. The molecule has 2 aromatic carbocycles. The molecule has 0 aliphatic rings. The van der Waals surface area contributed by atoms with Gasteiger partial charge in [-0.1, -0.05) is 56.3 Å². The van der Waals surface area contributed by atoms with E-state index in [0.29, 0.717) is 0 Å². The normalized spacial score (nSPS) is 11.4. The van der Waals surface area contributed by atoms with E-state index in [1.807, 2.05) is 0 Å². The third kappa shape index (κ3) is 5.49. The smallest absolute Gasteiger partial charge is 0.000812 e. The Morgan fingerprint density at radius 1 is 0.857 bits per heavy atom. The van der Waals surface area contributed by atoms with Crippen molar-refractivity contribution >= 4 is 10.8 Å². The summed E-state index contributed by atoms with van der Waals surface area (Å²) in [6.45, 7) is 8.87. The molecule has 21 heavy (non-hydrogen) atoms. The molecule has 0 saturated carbocycles. The number of rotatable bonds is 9. The zero-order chi connectivity index (χ0) is 14.9. The van der Waals surface area contributed by atoms with E-state index < -0.39 is 0 Å². The molecule has 0 spiro atoms. The van der Waals surface area contributed by atoms with Gasteiger partial charge < -0.3 is 10.6 Å². The molecule has 0 saturated heterocycles. The van der Waals surface area contributed by atoms with Crippen LogP contribution >= 0.6 is 0 Å². The number of hydrogen-bond acceptors (Lipinski definition) is 2. The summed E-state index contributed by atoms with van der Waals surface area (Å²) in [7, 11) is 0. The summed E-state index contributed by atoms with van der Waals surface area (Å²) in [5.74, 6) is 0.740. The van der Waals surface area contributed by atoms with Crippen molar-refractivity contribution in [2.45, 2.75) is 26.7 Å². The fourth-order valence-corrected chi connectivity index (χ4v) is 2.59. The SMILES string of the molecule is CC(C)CNCCCNCCc1cccc2ccccc12. The maximum absolute atomic E-state index is 3.55. The fraction of sp³-hybridized carbons (Fsp3) is 0.474. The minimum atomic E-state index is 0.740. The van der Waals surface area contributed by atoms with E-state index in [1.54, 1.807) is 0 Å². The monoisotopic (exact) mass is 284 g/mol. The summed E-state index contributed by atoms with van der Waals surface area (Å²) in [6, 6.07) is 15.2. The van der Waals surface area contributed by atoms with Gasteiger partial charge in [-0.25, -0.2) is 0 Å². The van der Waals surface area contributed by atoms with Gasteiger partial charge in [-0.15, -0.1) is 0 Å². The van der Waals surface area contributed by atoms with Gasteiger partial charge in [-0.05, 0) is 61.3 Å². The molecule has 2 rings (SSSR count). The van der Waals surface area contributed by atoms with Gasteiger partial charge in [0.05, 0.1) is 0 Å². The summed E-state index contributed by atoms with van der Waals surface area (Å²) in [4.78, 5) is 0. The highest BCUT2D eigenvalue weighted by Gasteiger charge is 1.99. The van der Waals surface area contributed by atoms with Crippen molar-refractivity contribution in [1.82, 2.24) is 10.6 Å². The Labute approximate surface area is 128 Å². The molecule has 0 aliphatic heterocycles. The number of fused-ring (bicyclic) bond motifs is 1. The van der Waals surface area contributed by atoms with E-state index >= 15 is 0 Å². The Morgan fingerprint density at radius 3 is 2.48 bits per heavy atom. The zero-order valence-electron chi connectivity index (χ0n) is 13.4. The highest BCUT2D eigenvalue weighted by Crippen LogP contribution is 2.18. The maximum Gasteiger partial charge on any atom is -0.000812 e. The Hall–Kier alpha value is -1.38. The lowest BCUT2D eigenvalue weighted by Crippen LogP contribution is -2.25. The lowest BCUT2D eigenvalue weighted by Gasteiger charge is -2.09. The Bertz CT molecular complexity index is 529. The summed E-state index contributed by atoms with van der Waals surface area (Å²) in [6.07, 6.45) is 2.29. The Balaban J connectivity index is 1.66. The largest absolute Gasteiger partial charge is 0.316 e. The van der Waals surface area contributed by atoms with Crippen LogP contribution in [-0.4, -0.2) is 26.2 Å². The Kier molecular flexibility index (Phi) is 6.71. The van der Waals surface area contributed by atoms with Crippen LogP contribution in [0.15, 0.2) is 42.5 Å². The van der Waals surface area contributed by atoms with Crippen LogP contribution in [0.1, 0.15) is 25.8 Å². The average Bonchev–Trinajstić information content (AvgIpc) is 2.50. The van der Waals surface area contributed by atoms with Crippen LogP contribution in [-0.2, 0) is 6.42 Å². The number of hydrogen-bond donors (Lipinski definition) is 2. The van der Waals surface area contributed by atoms with Crippen molar-refractivity contribution in [1.29, 1.82) is 0 Å². The first-order valence-electron chi connectivity index (χ1n) is 8.15. The summed E-state index contributed by atoms with van der Waals surface area (Å²) in [5.41, 5.74) is 1.44. The maximum atomic E-state index is 3.55. The second-order valence-electron chi connectivity index (χ2n) is 6.09. The second kappa shape index (κ2) is 8.81. The second-order valence-corrected chi connectivity index (χ2v) is 6.09. The molecule has 0 radical (unpaired) electrons. The van der Waals surface area contributed by atoms with E-state index in [-0.39, 0.29) is 0 Å². The third-order valence-corrected chi connectivity index (χ3v) is 3.71. The van der Waals surface area contributed by atoms with Gasteiger partial charge in [0, 0.05) is 0 Å². The Morgan fingerprint density at radius 2 is 1.62 bits per heavy atom. The fourth-order valence-electron chi connectivity index (χ4n) is 2.59. The van der Waals surface area contributed by atoms with Crippen LogP contribution in [0.4, 0.5) is 0 Å². The molecule has 0 heterocycles. The summed E-state index contributed by atoms with van der Waals surface area (Å²) < 4.78 is 0. The minimum absolute atomic E-state index is 0.740. The minimum Gasteiger partial charge on any atom is -0.316 e. The molecule has 2 aromatic rings. The average molecular weight is 284 g/mol. The van der Waals surface area contributed by atoms with E-state index in [9.17, 15) is 0 Å². The van der Waals surface area contributed by atoms with E-state index in [0.717, 1.165) is 38.5 Å². The van der Waals surface area contributed by atoms with Gasteiger partial charge in [0.2, 0.25) is 0 Å². The van der Waals surface area contributed by atoms with Gasteiger partial charge in [-0.2, -0.15) is 0 Å². The first kappa shape index (κ1) is 16.0. The predicted octanol–water partition coefficient (Wildman–Crippen LogP) is 3.61. The van der Waals surface area contributed by atoms with Crippen molar-refractivity contribution in [3.63, 3.8) is 0 Å². The lowest BCUT2D eigenvalue weighted by atomic mass is 10.0. The van der Waals surface area contributed by atoms with Crippen LogP contribution in [0, 0.1) is 5.92 Å². The molecule has 0 bridgehead atoms. The van der Waals surface area contributed by atoms with Gasteiger partial charge >= 0.3 is 0 Å².